The standard InChI is InChI=1S/C23H28N2O6/c1-5-12-28-22(26)30-20-15(4)25-18(7-3)21(31-23(27)29-13-6-2)19(20)17-11-9-8-10-16(17)14-24/h8-11,19,25H,5-7,12-13H2,1-4H3. The SMILES string of the molecule is CCCOC(=O)OC1=C(C)NC(CC)=C(OC(=O)OCCC)C1c1ccccc1C#N. The van der Waals surface area contributed by atoms with E-state index in [1.165, 1.54) is 0 Å². The van der Waals surface area contributed by atoms with Crippen LogP contribution >= 0.6 is 0 Å². The van der Waals surface area contributed by atoms with E-state index in [0.29, 0.717) is 41.8 Å². The van der Waals surface area contributed by atoms with Crippen LogP contribution in [0.2, 0.25) is 0 Å². The molecule has 1 aromatic carbocycles. The van der Waals surface area contributed by atoms with Crippen LogP contribution in [0.1, 0.15) is 64.0 Å². The highest BCUT2D eigenvalue weighted by Crippen LogP contribution is 2.41. The lowest BCUT2D eigenvalue weighted by Gasteiger charge is -2.31. The van der Waals surface area contributed by atoms with Crippen LogP contribution in [0.5, 0.6) is 0 Å². The zero-order valence-corrected chi connectivity index (χ0v) is 18.3. The van der Waals surface area contributed by atoms with Crippen molar-refractivity contribution >= 4 is 12.3 Å². The summed E-state index contributed by atoms with van der Waals surface area (Å²) in [6.07, 6.45) is 0.0577. The Hall–Kier alpha value is -3.47. The van der Waals surface area contributed by atoms with Gasteiger partial charge in [0.05, 0.1) is 36.2 Å². The van der Waals surface area contributed by atoms with Crippen molar-refractivity contribution in [1.82, 2.24) is 5.32 Å². The summed E-state index contributed by atoms with van der Waals surface area (Å²) in [4.78, 5) is 24.5. The summed E-state index contributed by atoms with van der Waals surface area (Å²) >= 11 is 0. The Morgan fingerprint density at radius 1 is 1.00 bits per heavy atom. The van der Waals surface area contributed by atoms with E-state index >= 15 is 0 Å². The van der Waals surface area contributed by atoms with Gasteiger partial charge in [0.15, 0.2) is 0 Å². The van der Waals surface area contributed by atoms with Gasteiger partial charge in [0.2, 0.25) is 0 Å². The fourth-order valence-corrected chi connectivity index (χ4v) is 3.12. The summed E-state index contributed by atoms with van der Waals surface area (Å²) in [5, 5.41) is 12.8. The molecule has 8 nitrogen and oxygen atoms in total. The summed E-state index contributed by atoms with van der Waals surface area (Å²) in [5.74, 6) is -0.398. The topological polar surface area (TPSA) is 107 Å². The molecule has 0 saturated heterocycles. The van der Waals surface area contributed by atoms with E-state index in [2.05, 4.69) is 11.4 Å². The summed E-state index contributed by atoms with van der Waals surface area (Å²) in [6, 6.07) is 9.03. The smallest absolute Gasteiger partial charge is 0.434 e. The predicted molar refractivity (Wildman–Crippen MR) is 112 cm³/mol. The maximum Gasteiger partial charge on any atom is 0.513 e. The second kappa shape index (κ2) is 11.6. The van der Waals surface area contributed by atoms with Crippen LogP contribution in [-0.2, 0) is 18.9 Å². The molecule has 2 rings (SSSR count). The van der Waals surface area contributed by atoms with Gasteiger partial charge >= 0.3 is 12.3 Å². The Bertz CT molecular complexity index is 913. The minimum absolute atomic E-state index is 0.194. The number of carbonyl (C=O) groups is 2. The lowest BCUT2D eigenvalue weighted by Crippen LogP contribution is -2.30. The molecule has 1 N–H and O–H groups in total. The van der Waals surface area contributed by atoms with E-state index in [1.54, 1.807) is 31.2 Å². The lowest BCUT2D eigenvalue weighted by molar-refractivity contribution is 0.0608. The number of nitrogens with zero attached hydrogens (tertiary/aromatic N) is 1. The molecule has 1 aliphatic rings. The Kier molecular flexibility index (Phi) is 8.94. The molecule has 31 heavy (non-hydrogen) atoms. The molecule has 0 fully saturated rings. The van der Waals surface area contributed by atoms with E-state index in [-0.39, 0.29) is 24.7 Å². The molecule has 0 aliphatic carbocycles. The average molecular weight is 428 g/mol. The number of allylic oxidation sites excluding steroid dienone is 2. The monoisotopic (exact) mass is 428 g/mol. The van der Waals surface area contributed by atoms with Gasteiger partial charge in [-0.15, -0.1) is 0 Å². The highest BCUT2D eigenvalue weighted by Gasteiger charge is 2.37. The van der Waals surface area contributed by atoms with E-state index in [0.717, 1.165) is 0 Å². The van der Waals surface area contributed by atoms with Crippen molar-refractivity contribution in [3.8, 4) is 6.07 Å². The van der Waals surface area contributed by atoms with Gasteiger partial charge < -0.3 is 24.3 Å². The number of ether oxygens (including phenoxy) is 4. The molecule has 1 aliphatic heterocycles. The van der Waals surface area contributed by atoms with Crippen molar-refractivity contribution < 1.29 is 28.5 Å². The van der Waals surface area contributed by atoms with Crippen LogP contribution in [0, 0.1) is 11.3 Å². The number of hydrogen-bond acceptors (Lipinski definition) is 8. The number of dihydropyridines is 1. The second-order valence-electron chi connectivity index (χ2n) is 6.84. The molecule has 0 aromatic heterocycles. The van der Waals surface area contributed by atoms with E-state index in [1.807, 2.05) is 20.8 Å². The van der Waals surface area contributed by atoms with Crippen LogP contribution < -0.4 is 5.32 Å². The normalized spacial score (nSPS) is 15.6. The van der Waals surface area contributed by atoms with Gasteiger partial charge in [0.1, 0.15) is 17.4 Å². The maximum atomic E-state index is 12.3. The van der Waals surface area contributed by atoms with Gasteiger partial charge in [-0.3, -0.25) is 0 Å². The van der Waals surface area contributed by atoms with Gasteiger partial charge in [-0.25, -0.2) is 9.59 Å². The van der Waals surface area contributed by atoms with E-state index in [4.69, 9.17) is 18.9 Å². The molecular weight excluding hydrogens is 400 g/mol. The summed E-state index contributed by atoms with van der Waals surface area (Å²) in [7, 11) is 0. The fourth-order valence-electron chi connectivity index (χ4n) is 3.12. The molecule has 8 heteroatoms. The van der Waals surface area contributed by atoms with Gasteiger partial charge in [0, 0.05) is 0 Å². The van der Waals surface area contributed by atoms with Gasteiger partial charge in [-0.1, -0.05) is 39.0 Å². The predicted octanol–water partition coefficient (Wildman–Crippen LogP) is 5.22. The van der Waals surface area contributed by atoms with Crippen molar-refractivity contribution in [1.29, 1.82) is 5.26 Å². The van der Waals surface area contributed by atoms with Crippen molar-refractivity contribution in [2.45, 2.75) is 52.9 Å². The molecule has 1 aromatic rings. The summed E-state index contributed by atoms with van der Waals surface area (Å²) in [5.41, 5.74) is 2.08. The van der Waals surface area contributed by atoms with Crippen molar-refractivity contribution in [3.63, 3.8) is 0 Å². The van der Waals surface area contributed by atoms with E-state index < -0.39 is 18.2 Å². The zero-order chi connectivity index (χ0) is 22.8. The zero-order valence-electron chi connectivity index (χ0n) is 18.3. The number of nitriles is 1. The minimum Gasteiger partial charge on any atom is -0.434 e. The number of rotatable bonds is 8. The Balaban J connectivity index is 2.55. The third kappa shape index (κ3) is 6.01. The fraction of sp³-hybridized carbons (Fsp3) is 0.435. The maximum absolute atomic E-state index is 12.3. The second-order valence-corrected chi connectivity index (χ2v) is 6.84. The first-order valence-corrected chi connectivity index (χ1v) is 10.4. The first-order valence-electron chi connectivity index (χ1n) is 10.4. The quantitative estimate of drug-likeness (QED) is 0.561. The highest BCUT2D eigenvalue weighted by atomic mass is 16.7. The molecule has 0 amide bonds. The van der Waals surface area contributed by atoms with Gasteiger partial charge in [-0.05, 0) is 37.8 Å². The van der Waals surface area contributed by atoms with Gasteiger partial charge in [0.25, 0.3) is 0 Å². The summed E-state index contributed by atoms with van der Waals surface area (Å²) < 4.78 is 21.3. The first-order chi connectivity index (χ1) is 15.0. The molecule has 0 saturated carbocycles. The third-order valence-corrected chi connectivity index (χ3v) is 4.51. The summed E-state index contributed by atoms with van der Waals surface area (Å²) in [6.45, 7) is 7.80. The number of hydrogen-bond donors (Lipinski definition) is 1. The Labute approximate surface area is 182 Å². The molecule has 1 atom stereocenters. The molecule has 166 valence electrons. The highest BCUT2D eigenvalue weighted by molar-refractivity contribution is 5.65. The van der Waals surface area contributed by atoms with Crippen LogP contribution in [-0.4, -0.2) is 25.5 Å². The first kappa shape index (κ1) is 23.8. The van der Waals surface area contributed by atoms with E-state index in [9.17, 15) is 14.9 Å². The lowest BCUT2D eigenvalue weighted by atomic mass is 9.87. The molecule has 1 heterocycles. The van der Waals surface area contributed by atoms with Crippen molar-refractivity contribution in [3.05, 3.63) is 58.3 Å². The average Bonchev–Trinajstić information content (AvgIpc) is 2.78. The van der Waals surface area contributed by atoms with Crippen LogP contribution in [0.4, 0.5) is 9.59 Å². The number of benzene rings is 1. The van der Waals surface area contributed by atoms with Crippen molar-refractivity contribution in [2.24, 2.45) is 0 Å². The molecule has 0 spiro atoms. The van der Waals surface area contributed by atoms with Crippen LogP contribution in [0.25, 0.3) is 0 Å². The number of nitrogens with one attached hydrogen (secondary N) is 1. The Morgan fingerprint density at radius 2 is 1.58 bits per heavy atom. The minimum atomic E-state index is -0.870. The van der Waals surface area contributed by atoms with Crippen molar-refractivity contribution in [2.75, 3.05) is 13.2 Å². The van der Waals surface area contributed by atoms with Gasteiger partial charge in [-0.2, -0.15) is 5.26 Å². The molecule has 0 bridgehead atoms. The third-order valence-electron chi connectivity index (χ3n) is 4.51. The largest absolute Gasteiger partial charge is 0.513 e. The molecule has 1 unspecified atom stereocenters. The molecular formula is C23H28N2O6. The van der Waals surface area contributed by atoms with Crippen LogP contribution in [0.15, 0.2) is 47.2 Å². The van der Waals surface area contributed by atoms with Crippen LogP contribution in [0.3, 0.4) is 0 Å². The Morgan fingerprint density at radius 3 is 2.13 bits per heavy atom. The molecule has 0 radical (unpaired) electrons. The number of carbonyl (C=O) groups excluding carboxylic acids is 2.